The second-order valence-electron chi connectivity index (χ2n) is 5.66. The van der Waals surface area contributed by atoms with Crippen LogP contribution in [0.15, 0.2) is 17.1 Å². The molecule has 0 saturated heterocycles. The topological polar surface area (TPSA) is 78.0 Å². The molecule has 2 aromatic heterocycles. The molecule has 3 rings (SSSR count). The quantitative estimate of drug-likeness (QED) is 0.872. The minimum absolute atomic E-state index is 0.0329. The van der Waals surface area contributed by atoms with E-state index < -0.39 is 0 Å². The second-order valence-corrected chi connectivity index (χ2v) is 5.66. The predicted molar refractivity (Wildman–Crippen MR) is 85.6 cm³/mol. The first-order valence-corrected chi connectivity index (χ1v) is 7.38. The molecule has 0 radical (unpaired) electrons. The van der Waals surface area contributed by atoms with Gasteiger partial charge >= 0.3 is 0 Å². The van der Waals surface area contributed by atoms with Crippen molar-refractivity contribution in [2.75, 3.05) is 37.0 Å². The summed E-state index contributed by atoms with van der Waals surface area (Å²) in [7, 11) is 3.74. The molecule has 0 unspecified atom stereocenters. The summed E-state index contributed by atoms with van der Waals surface area (Å²) in [5.41, 5.74) is 1.65. The van der Waals surface area contributed by atoms with Crippen molar-refractivity contribution in [1.29, 1.82) is 0 Å². The molecule has 0 atom stereocenters. The van der Waals surface area contributed by atoms with Crippen LogP contribution >= 0.6 is 0 Å². The minimum atomic E-state index is -0.0329. The molecular weight excluding hydrogens is 280 g/mol. The van der Waals surface area contributed by atoms with E-state index in [1.54, 1.807) is 6.20 Å². The summed E-state index contributed by atoms with van der Waals surface area (Å²) < 4.78 is 0. The average Bonchev–Trinajstić information content (AvgIpc) is 2.70. The maximum absolute atomic E-state index is 12.3. The molecule has 0 saturated carbocycles. The van der Waals surface area contributed by atoms with Crippen LogP contribution in [0.5, 0.6) is 0 Å². The van der Waals surface area contributed by atoms with E-state index >= 15 is 0 Å². The lowest BCUT2D eigenvalue weighted by molar-refractivity contribution is 0.780. The van der Waals surface area contributed by atoms with Crippen molar-refractivity contribution in [3.63, 3.8) is 0 Å². The van der Waals surface area contributed by atoms with E-state index in [1.807, 2.05) is 32.0 Å². The SMILES string of the molecule is Cc1nccc(N2CCc3nc(N(C)C)[nH]c(=O)c3CC2)n1. The highest BCUT2D eigenvalue weighted by molar-refractivity contribution is 5.40. The maximum Gasteiger partial charge on any atom is 0.255 e. The number of fused-ring (bicyclic) bond motifs is 1. The highest BCUT2D eigenvalue weighted by Crippen LogP contribution is 2.17. The van der Waals surface area contributed by atoms with E-state index in [1.165, 1.54) is 0 Å². The largest absolute Gasteiger partial charge is 0.356 e. The Hall–Kier alpha value is -2.44. The molecule has 1 N–H and O–H groups in total. The van der Waals surface area contributed by atoms with Crippen LogP contribution in [0.25, 0.3) is 0 Å². The first kappa shape index (κ1) is 14.5. The monoisotopic (exact) mass is 300 g/mol. The van der Waals surface area contributed by atoms with Crippen molar-refractivity contribution in [2.24, 2.45) is 0 Å². The van der Waals surface area contributed by atoms with E-state index in [2.05, 4.69) is 24.8 Å². The molecule has 0 aliphatic carbocycles. The van der Waals surface area contributed by atoms with Crippen LogP contribution in [-0.4, -0.2) is 47.1 Å². The molecule has 1 aliphatic heterocycles. The normalized spacial score (nSPS) is 14.4. The maximum atomic E-state index is 12.3. The minimum Gasteiger partial charge on any atom is -0.356 e. The molecule has 2 aromatic rings. The number of H-pyrrole nitrogens is 1. The van der Waals surface area contributed by atoms with Gasteiger partial charge in [-0.3, -0.25) is 9.78 Å². The second kappa shape index (κ2) is 5.75. The van der Waals surface area contributed by atoms with Crippen LogP contribution in [0, 0.1) is 6.92 Å². The van der Waals surface area contributed by atoms with Gasteiger partial charge < -0.3 is 9.80 Å². The molecule has 1 aliphatic rings. The first-order chi connectivity index (χ1) is 10.5. The Kier molecular flexibility index (Phi) is 3.79. The fourth-order valence-corrected chi connectivity index (χ4v) is 2.66. The molecule has 116 valence electrons. The molecule has 7 heteroatoms. The van der Waals surface area contributed by atoms with Gasteiger partial charge in [-0.15, -0.1) is 0 Å². The Morgan fingerprint density at radius 2 is 2.00 bits per heavy atom. The highest BCUT2D eigenvalue weighted by atomic mass is 16.1. The fraction of sp³-hybridized carbons (Fsp3) is 0.467. The summed E-state index contributed by atoms with van der Waals surface area (Å²) in [5, 5.41) is 0. The zero-order chi connectivity index (χ0) is 15.7. The number of nitrogens with one attached hydrogen (secondary N) is 1. The molecular formula is C15H20N6O. The zero-order valence-electron chi connectivity index (χ0n) is 13.1. The lowest BCUT2D eigenvalue weighted by Gasteiger charge is -2.21. The number of hydrogen-bond acceptors (Lipinski definition) is 6. The number of aromatic nitrogens is 4. The van der Waals surface area contributed by atoms with Crippen molar-refractivity contribution in [2.45, 2.75) is 19.8 Å². The standard InChI is InChI=1S/C15H20N6O/c1-10-16-7-4-13(17-10)21-8-5-11-12(6-9-21)18-15(20(2)3)19-14(11)22/h4,7H,5-6,8-9H2,1-3H3,(H,18,19,22). The van der Waals surface area contributed by atoms with E-state index in [0.29, 0.717) is 12.4 Å². The van der Waals surface area contributed by atoms with Crippen LogP contribution in [0.1, 0.15) is 17.1 Å². The van der Waals surface area contributed by atoms with Crippen LogP contribution in [0.2, 0.25) is 0 Å². The molecule has 7 nitrogen and oxygen atoms in total. The van der Waals surface area contributed by atoms with Crippen molar-refractivity contribution in [3.8, 4) is 0 Å². The van der Waals surface area contributed by atoms with Crippen molar-refractivity contribution in [3.05, 3.63) is 39.7 Å². The summed E-state index contributed by atoms with van der Waals surface area (Å²) in [4.78, 5) is 32.3. The summed E-state index contributed by atoms with van der Waals surface area (Å²) in [5.74, 6) is 2.27. The number of rotatable bonds is 2. The van der Waals surface area contributed by atoms with Gasteiger partial charge in [-0.1, -0.05) is 0 Å². The van der Waals surface area contributed by atoms with Gasteiger partial charge in [0, 0.05) is 45.4 Å². The molecule has 0 spiro atoms. The summed E-state index contributed by atoms with van der Waals surface area (Å²) in [6.45, 7) is 3.44. The zero-order valence-corrected chi connectivity index (χ0v) is 13.1. The predicted octanol–water partition coefficient (Wildman–Crippen LogP) is 0.540. The lowest BCUT2D eigenvalue weighted by atomic mass is 10.1. The van der Waals surface area contributed by atoms with Crippen LogP contribution in [-0.2, 0) is 12.8 Å². The van der Waals surface area contributed by atoms with Gasteiger partial charge in [-0.25, -0.2) is 15.0 Å². The summed E-state index contributed by atoms with van der Waals surface area (Å²) >= 11 is 0. The van der Waals surface area contributed by atoms with Crippen molar-refractivity contribution >= 4 is 11.8 Å². The Balaban J connectivity index is 1.89. The van der Waals surface area contributed by atoms with E-state index in [-0.39, 0.29) is 5.56 Å². The van der Waals surface area contributed by atoms with E-state index in [0.717, 1.165) is 42.4 Å². The molecule has 0 bridgehead atoms. The Morgan fingerprint density at radius 1 is 1.23 bits per heavy atom. The third-order valence-electron chi connectivity index (χ3n) is 3.85. The lowest BCUT2D eigenvalue weighted by Crippen LogP contribution is -2.27. The molecule has 0 fully saturated rings. The van der Waals surface area contributed by atoms with Crippen LogP contribution in [0.3, 0.4) is 0 Å². The highest BCUT2D eigenvalue weighted by Gasteiger charge is 2.20. The number of hydrogen-bond donors (Lipinski definition) is 1. The average molecular weight is 300 g/mol. The van der Waals surface area contributed by atoms with Crippen LogP contribution in [0.4, 0.5) is 11.8 Å². The van der Waals surface area contributed by atoms with E-state index in [4.69, 9.17) is 0 Å². The third kappa shape index (κ3) is 2.79. The van der Waals surface area contributed by atoms with Crippen LogP contribution < -0.4 is 15.4 Å². The number of anilines is 2. The van der Waals surface area contributed by atoms with Crippen molar-refractivity contribution in [1.82, 2.24) is 19.9 Å². The fourth-order valence-electron chi connectivity index (χ4n) is 2.66. The van der Waals surface area contributed by atoms with Crippen molar-refractivity contribution < 1.29 is 0 Å². The van der Waals surface area contributed by atoms with Gasteiger partial charge in [-0.2, -0.15) is 0 Å². The molecule has 22 heavy (non-hydrogen) atoms. The van der Waals surface area contributed by atoms with Gasteiger partial charge in [-0.05, 0) is 19.4 Å². The van der Waals surface area contributed by atoms with E-state index in [9.17, 15) is 4.79 Å². The third-order valence-corrected chi connectivity index (χ3v) is 3.85. The van der Waals surface area contributed by atoms with Gasteiger partial charge in [0.1, 0.15) is 11.6 Å². The molecule has 0 amide bonds. The van der Waals surface area contributed by atoms with Gasteiger partial charge in [0.2, 0.25) is 5.95 Å². The Bertz CT molecular complexity index is 739. The van der Waals surface area contributed by atoms with Gasteiger partial charge in [0.25, 0.3) is 5.56 Å². The number of aryl methyl sites for hydroxylation is 1. The Morgan fingerprint density at radius 3 is 2.73 bits per heavy atom. The number of nitrogens with zero attached hydrogens (tertiary/aromatic N) is 5. The summed E-state index contributed by atoms with van der Waals surface area (Å²) in [6.07, 6.45) is 3.18. The summed E-state index contributed by atoms with van der Waals surface area (Å²) in [6, 6.07) is 1.91. The molecule has 0 aromatic carbocycles. The molecule has 3 heterocycles. The number of aromatic amines is 1. The first-order valence-electron chi connectivity index (χ1n) is 7.38. The van der Waals surface area contributed by atoms with Gasteiger partial charge in [0.15, 0.2) is 0 Å². The van der Waals surface area contributed by atoms with Gasteiger partial charge in [0.05, 0.1) is 5.69 Å². The smallest absolute Gasteiger partial charge is 0.255 e. The Labute approximate surface area is 129 Å².